The van der Waals surface area contributed by atoms with Crippen molar-refractivity contribution in [1.29, 1.82) is 0 Å². The highest BCUT2D eigenvalue weighted by Crippen LogP contribution is 2.20. The van der Waals surface area contributed by atoms with E-state index in [-0.39, 0.29) is 0 Å². The molecule has 0 aliphatic rings. The van der Waals surface area contributed by atoms with Gasteiger partial charge in [0.1, 0.15) is 0 Å². The third-order valence-corrected chi connectivity index (χ3v) is 2.50. The van der Waals surface area contributed by atoms with Crippen LogP contribution in [0.3, 0.4) is 0 Å². The lowest BCUT2D eigenvalue weighted by Crippen LogP contribution is -1.89. The van der Waals surface area contributed by atoms with E-state index in [9.17, 15) is 8.78 Å². The lowest BCUT2D eigenvalue weighted by Gasteiger charge is -2.03. The minimum Gasteiger partial charge on any atom is -0.256 e. The van der Waals surface area contributed by atoms with Crippen LogP contribution in [-0.2, 0) is 5.88 Å². The largest absolute Gasteiger partial charge is 0.256 e. The Labute approximate surface area is 96.7 Å². The molecule has 2 aromatic rings. The fraction of sp³-hybridized carbons (Fsp3) is 0.0833. The molecule has 1 aromatic carbocycles. The standard InChI is InChI=1S/C12H8ClF2N/c13-7-8-3-4-16-12(5-8)9-1-2-10(14)11(15)6-9/h1-6H,7H2. The van der Waals surface area contributed by atoms with E-state index in [1.807, 2.05) is 0 Å². The molecule has 0 bridgehead atoms. The number of hydrogen-bond donors (Lipinski definition) is 0. The van der Waals surface area contributed by atoms with Gasteiger partial charge in [0.05, 0.1) is 5.69 Å². The molecule has 4 heteroatoms. The molecule has 0 saturated carbocycles. The SMILES string of the molecule is Fc1ccc(-c2cc(CCl)ccn2)cc1F. The highest BCUT2D eigenvalue weighted by molar-refractivity contribution is 6.17. The monoisotopic (exact) mass is 239 g/mol. The molecular weight excluding hydrogens is 232 g/mol. The topological polar surface area (TPSA) is 12.9 Å². The van der Waals surface area contributed by atoms with E-state index in [1.54, 1.807) is 18.3 Å². The Balaban J connectivity index is 2.46. The van der Waals surface area contributed by atoms with Crippen LogP contribution in [0.5, 0.6) is 0 Å². The van der Waals surface area contributed by atoms with Crippen molar-refractivity contribution in [3.05, 3.63) is 53.7 Å². The summed E-state index contributed by atoms with van der Waals surface area (Å²) in [4.78, 5) is 4.08. The molecule has 0 fully saturated rings. The van der Waals surface area contributed by atoms with Gasteiger partial charge in [-0.3, -0.25) is 4.98 Å². The van der Waals surface area contributed by atoms with Crippen molar-refractivity contribution in [3.63, 3.8) is 0 Å². The van der Waals surface area contributed by atoms with Gasteiger partial charge in [-0.25, -0.2) is 8.78 Å². The van der Waals surface area contributed by atoms with Gasteiger partial charge in [0.2, 0.25) is 0 Å². The lowest BCUT2D eigenvalue weighted by molar-refractivity contribution is 0.509. The third kappa shape index (κ3) is 2.19. The quantitative estimate of drug-likeness (QED) is 0.727. The average Bonchev–Trinajstić information content (AvgIpc) is 2.33. The minimum absolute atomic E-state index is 0.360. The second-order valence-electron chi connectivity index (χ2n) is 3.31. The molecule has 2 rings (SSSR count). The summed E-state index contributed by atoms with van der Waals surface area (Å²) in [5, 5.41) is 0. The summed E-state index contributed by atoms with van der Waals surface area (Å²) in [5.41, 5.74) is 2.00. The van der Waals surface area contributed by atoms with Crippen molar-refractivity contribution in [3.8, 4) is 11.3 Å². The van der Waals surface area contributed by atoms with Gasteiger partial charge >= 0.3 is 0 Å². The van der Waals surface area contributed by atoms with Crippen molar-refractivity contribution in [1.82, 2.24) is 4.98 Å². The summed E-state index contributed by atoms with van der Waals surface area (Å²) in [7, 11) is 0. The highest BCUT2D eigenvalue weighted by atomic mass is 35.5. The van der Waals surface area contributed by atoms with Crippen LogP contribution in [0.15, 0.2) is 36.5 Å². The summed E-state index contributed by atoms with van der Waals surface area (Å²) in [5.74, 6) is -1.38. The van der Waals surface area contributed by atoms with Gasteiger partial charge in [-0.2, -0.15) is 0 Å². The zero-order valence-electron chi connectivity index (χ0n) is 8.25. The number of nitrogens with zero attached hydrogens (tertiary/aromatic N) is 1. The lowest BCUT2D eigenvalue weighted by atomic mass is 10.1. The molecule has 1 nitrogen and oxygen atoms in total. The first-order valence-electron chi connectivity index (χ1n) is 4.67. The number of benzene rings is 1. The van der Waals surface area contributed by atoms with E-state index < -0.39 is 11.6 Å². The van der Waals surface area contributed by atoms with E-state index in [0.717, 1.165) is 17.7 Å². The number of aromatic nitrogens is 1. The van der Waals surface area contributed by atoms with Crippen LogP contribution in [0, 0.1) is 11.6 Å². The second kappa shape index (κ2) is 4.58. The molecule has 0 radical (unpaired) electrons. The van der Waals surface area contributed by atoms with Gasteiger partial charge < -0.3 is 0 Å². The van der Waals surface area contributed by atoms with E-state index in [4.69, 9.17) is 11.6 Å². The van der Waals surface area contributed by atoms with E-state index in [1.165, 1.54) is 6.07 Å². The van der Waals surface area contributed by atoms with Gasteiger partial charge in [0.25, 0.3) is 0 Å². The molecule has 0 atom stereocenters. The smallest absolute Gasteiger partial charge is 0.159 e. The summed E-state index contributed by atoms with van der Waals surface area (Å²) < 4.78 is 25.8. The van der Waals surface area contributed by atoms with Crippen LogP contribution in [0.1, 0.15) is 5.56 Å². The van der Waals surface area contributed by atoms with Gasteiger partial charge in [-0.1, -0.05) is 0 Å². The molecule has 0 saturated heterocycles. The molecule has 0 aliphatic carbocycles. The number of halogens is 3. The fourth-order valence-electron chi connectivity index (χ4n) is 1.37. The van der Waals surface area contributed by atoms with Crippen LogP contribution >= 0.6 is 11.6 Å². The van der Waals surface area contributed by atoms with Crippen molar-refractivity contribution >= 4 is 11.6 Å². The predicted molar refractivity (Wildman–Crippen MR) is 59.1 cm³/mol. The summed E-state index contributed by atoms with van der Waals surface area (Å²) >= 11 is 5.68. The summed E-state index contributed by atoms with van der Waals surface area (Å²) in [6.45, 7) is 0. The Kier molecular flexibility index (Phi) is 3.15. The second-order valence-corrected chi connectivity index (χ2v) is 3.58. The van der Waals surface area contributed by atoms with Crippen LogP contribution < -0.4 is 0 Å². The van der Waals surface area contributed by atoms with Gasteiger partial charge in [-0.05, 0) is 35.9 Å². The number of pyridine rings is 1. The Morgan fingerprint density at radius 3 is 2.56 bits per heavy atom. The van der Waals surface area contributed by atoms with Crippen LogP contribution in [-0.4, -0.2) is 4.98 Å². The zero-order chi connectivity index (χ0) is 11.5. The number of hydrogen-bond acceptors (Lipinski definition) is 1. The van der Waals surface area contributed by atoms with Crippen molar-refractivity contribution in [2.24, 2.45) is 0 Å². The first-order chi connectivity index (χ1) is 7.70. The highest BCUT2D eigenvalue weighted by Gasteiger charge is 2.05. The van der Waals surface area contributed by atoms with Crippen molar-refractivity contribution in [2.75, 3.05) is 0 Å². The Morgan fingerprint density at radius 1 is 1.06 bits per heavy atom. The van der Waals surface area contributed by atoms with E-state index >= 15 is 0 Å². The van der Waals surface area contributed by atoms with Crippen LogP contribution in [0.25, 0.3) is 11.3 Å². The first kappa shape index (κ1) is 11.0. The molecule has 0 amide bonds. The molecular formula is C12H8ClF2N. The Morgan fingerprint density at radius 2 is 1.88 bits per heavy atom. The molecule has 0 aliphatic heterocycles. The van der Waals surface area contributed by atoms with E-state index in [2.05, 4.69) is 4.98 Å². The molecule has 0 spiro atoms. The average molecular weight is 240 g/mol. The van der Waals surface area contributed by atoms with Gasteiger partial charge in [0, 0.05) is 17.6 Å². The molecule has 16 heavy (non-hydrogen) atoms. The molecule has 1 heterocycles. The normalized spacial score (nSPS) is 10.4. The minimum atomic E-state index is -0.879. The summed E-state index contributed by atoms with van der Waals surface area (Å²) in [6, 6.07) is 7.21. The fourth-order valence-corrected chi connectivity index (χ4v) is 1.54. The Bertz CT molecular complexity index is 514. The van der Waals surface area contributed by atoms with Crippen LogP contribution in [0.4, 0.5) is 8.78 Å². The van der Waals surface area contributed by atoms with Gasteiger partial charge in [0.15, 0.2) is 11.6 Å². The summed E-state index contributed by atoms with van der Waals surface area (Å²) in [6.07, 6.45) is 1.59. The molecule has 82 valence electrons. The molecule has 0 N–H and O–H groups in total. The van der Waals surface area contributed by atoms with Gasteiger partial charge in [-0.15, -0.1) is 11.6 Å². The van der Waals surface area contributed by atoms with E-state index in [0.29, 0.717) is 17.1 Å². The predicted octanol–water partition coefficient (Wildman–Crippen LogP) is 3.77. The maximum absolute atomic E-state index is 13.0. The molecule has 1 aromatic heterocycles. The van der Waals surface area contributed by atoms with Crippen molar-refractivity contribution < 1.29 is 8.78 Å². The number of rotatable bonds is 2. The zero-order valence-corrected chi connectivity index (χ0v) is 9.01. The maximum atomic E-state index is 13.0. The number of alkyl halides is 1. The van der Waals surface area contributed by atoms with Crippen molar-refractivity contribution in [2.45, 2.75) is 5.88 Å². The maximum Gasteiger partial charge on any atom is 0.159 e. The molecule has 0 unspecified atom stereocenters. The first-order valence-corrected chi connectivity index (χ1v) is 5.20. The third-order valence-electron chi connectivity index (χ3n) is 2.19. The Hall–Kier alpha value is -1.48. The van der Waals surface area contributed by atoms with Crippen LogP contribution in [0.2, 0.25) is 0 Å².